The van der Waals surface area contributed by atoms with Gasteiger partial charge in [-0.2, -0.15) is 0 Å². The summed E-state index contributed by atoms with van der Waals surface area (Å²) in [6, 6.07) is 6.45. The third-order valence-corrected chi connectivity index (χ3v) is 3.16. The first-order valence-corrected chi connectivity index (χ1v) is 6.36. The Kier molecular flexibility index (Phi) is 4.19. The van der Waals surface area contributed by atoms with E-state index in [9.17, 15) is 9.59 Å². The van der Waals surface area contributed by atoms with Crippen LogP contribution >= 0.6 is 11.8 Å². The van der Waals surface area contributed by atoms with Crippen molar-refractivity contribution in [3.8, 4) is 0 Å². The van der Waals surface area contributed by atoms with Gasteiger partial charge in [0, 0.05) is 6.20 Å². The molecule has 0 atom stereocenters. The number of furan rings is 1. The second kappa shape index (κ2) is 6.05. The van der Waals surface area contributed by atoms with E-state index in [0.29, 0.717) is 10.7 Å². The molecular weight excluding hydrogens is 266 g/mol. The number of carbonyl (C=O) groups excluding carboxylic acids is 2. The molecule has 0 saturated heterocycles. The highest BCUT2D eigenvalue weighted by atomic mass is 32.2. The SMILES string of the molecule is Nc1cccnc1SCC(=O)NC(=O)c1ccco1. The highest BCUT2D eigenvalue weighted by molar-refractivity contribution is 8.00. The Balaban J connectivity index is 1.85. The lowest BCUT2D eigenvalue weighted by molar-refractivity contribution is -0.117. The summed E-state index contributed by atoms with van der Waals surface area (Å²) in [6.45, 7) is 0. The van der Waals surface area contributed by atoms with E-state index in [2.05, 4.69) is 10.3 Å². The summed E-state index contributed by atoms with van der Waals surface area (Å²) >= 11 is 1.16. The molecular formula is C12H11N3O3S. The van der Waals surface area contributed by atoms with E-state index in [-0.39, 0.29) is 11.5 Å². The van der Waals surface area contributed by atoms with E-state index in [0.717, 1.165) is 11.8 Å². The van der Waals surface area contributed by atoms with Crippen molar-refractivity contribution in [3.05, 3.63) is 42.5 Å². The van der Waals surface area contributed by atoms with Crippen molar-refractivity contribution >= 4 is 29.3 Å². The summed E-state index contributed by atoms with van der Waals surface area (Å²) in [5.74, 6) is -0.857. The van der Waals surface area contributed by atoms with Gasteiger partial charge in [-0.3, -0.25) is 14.9 Å². The van der Waals surface area contributed by atoms with Gasteiger partial charge in [-0.15, -0.1) is 0 Å². The fourth-order valence-electron chi connectivity index (χ4n) is 1.29. The zero-order valence-electron chi connectivity index (χ0n) is 9.83. The Morgan fingerprint density at radius 3 is 2.89 bits per heavy atom. The molecule has 0 fully saturated rings. The maximum atomic E-state index is 11.6. The normalized spacial score (nSPS) is 10.1. The molecule has 0 bridgehead atoms. The minimum Gasteiger partial charge on any atom is -0.459 e. The van der Waals surface area contributed by atoms with Gasteiger partial charge in [-0.25, -0.2) is 4.98 Å². The Morgan fingerprint density at radius 2 is 2.21 bits per heavy atom. The number of pyridine rings is 1. The number of hydrogen-bond donors (Lipinski definition) is 2. The van der Waals surface area contributed by atoms with Gasteiger partial charge >= 0.3 is 0 Å². The van der Waals surface area contributed by atoms with Crippen molar-refractivity contribution in [2.24, 2.45) is 0 Å². The third-order valence-electron chi connectivity index (χ3n) is 2.14. The molecule has 98 valence electrons. The lowest BCUT2D eigenvalue weighted by Gasteiger charge is -2.03. The second-order valence-electron chi connectivity index (χ2n) is 3.54. The molecule has 0 spiro atoms. The van der Waals surface area contributed by atoms with E-state index in [1.807, 2.05) is 0 Å². The smallest absolute Gasteiger partial charge is 0.293 e. The summed E-state index contributed by atoms with van der Waals surface area (Å²) in [4.78, 5) is 27.1. The number of rotatable bonds is 4. The minimum atomic E-state index is -0.565. The summed E-state index contributed by atoms with van der Waals surface area (Å²) in [5, 5.41) is 2.77. The maximum absolute atomic E-state index is 11.6. The number of thioether (sulfide) groups is 1. The molecule has 2 heterocycles. The van der Waals surface area contributed by atoms with Crippen molar-refractivity contribution in [2.45, 2.75) is 5.03 Å². The van der Waals surface area contributed by atoms with Crippen LogP contribution in [0, 0.1) is 0 Å². The summed E-state index contributed by atoms with van der Waals surface area (Å²) in [7, 11) is 0. The molecule has 0 unspecified atom stereocenters. The second-order valence-corrected chi connectivity index (χ2v) is 4.51. The highest BCUT2D eigenvalue weighted by Gasteiger charge is 2.13. The van der Waals surface area contributed by atoms with Crippen molar-refractivity contribution in [3.63, 3.8) is 0 Å². The van der Waals surface area contributed by atoms with Crippen molar-refractivity contribution in [2.75, 3.05) is 11.5 Å². The molecule has 2 rings (SSSR count). The van der Waals surface area contributed by atoms with Crippen LogP contribution in [0.15, 0.2) is 46.2 Å². The zero-order valence-corrected chi connectivity index (χ0v) is 10.6. The molecule has 0 saturated carbocycles. The standard InChI is InChI=1S/C12H11N3O3S/c13-8-3-1-5-14-12(8)19-7-10(16)15-11(17)9-4-2-6-18-9/h1-6H,7,13H2,(H,15,16,17). The Bertz CT molecular complexity index is 584. The number of nitrogen functional groups attached to an aromatic ring is 1. The monoisotopic (exact) mass is 277 g/mol. The van der Waals surface area contributed by atoms with Gasteiger partial charge in [0.25, 0.3) is 5.91 Å². The molecule has 2 aromatic rings. The van der Waals surface area contributed by atoms with Crippen LogP contribution in [-0.4, -0.2) is 22.6 Å². The summed E-state index contributed by atoms with van der Waals surface area (Å²) in [5.41, 5.74) is 6.19. The van der Waals surface area contributed by atoms with Gasteiger partial charge in [0.15, 0.2) is 5.76 Å². The topological polar surface area (TPSA) is 98.2 Å². The molecule has 2 aromatic heterocycles. The number of aromatic nitrogens is 1. The van der Waals surface area contributed by atoms with E-state index < -0.39 is 11.8 Å². The first kappa shape index (κ1) is 13.2. The number of nitrogens with one attached hydrogen (secondary N) is 1. The first-order valence-electron chi connectivity index (χ1n) is 5.38. The first-order chi connectivity index (χ1) is 9.16. The van der Waals surface area contributed by atoms with Gasteiger partial charge in [-0.05, 0) is 24.3 Å². The molecule has 2 amide bonds. The molecule has 7 heteroatoms. The third kappa shape index (κ3) is 3.59. The maximum Gasteiger partial charge on any atom is 0.293 e. The predicted octanol–water partition coefficient (Wildman–Crippen LogP) is 1.31. The lowest BCUT2D eigenvalue weighted by atomic mass is 10.4. The molecule has 6 nitrogen and oxygen atoms in total. The fraction of sp³-hybridized carbons (Fsp3) is 0.0833. The number of amides is 2. The average molecular weight is 277 g/mol. The van der Waals surface area contributed by atoms with Gasteiger partial charge < -0.3 is 10.2 Å². The van der Waals surface area contributed by atoms with Crippen LogP contribution < -0.4 is 11.1 Å². The zero-order chi connectivity index (χ0) is 13.7. The number of nitrogens with zero attached hydrogens (tertiary/aromatic N) is 1. The Morgan fingerprint density at radius 1 is 1.37 bits per heavy atom. The summed E-state index contributed by atoms with van der Waals surface area (Å²) in [6.07, 6.45) is 2.95. The van der Waals surface area contributed by atoms with Crippen LogP contribution in [-0.2, 0) is 4.79 Å². The summed E-state index contributed by atoms with van der Waals surface area (Å²) < 4.78 is 4.87. The van der Waals surface area contributed by atoms with Crippen LogP contribution in [0.2, 0.25) is 0 Å². The molecule has 0 aliphatic carbocycles. The van der Waals surface area contributed by atoms with Crippen molar-refractivity contribution < 1.29 is 14.0 Å². The number of anilines is 1. The van der Waals surface area contributed by atoms with Crippen LogP contribution in [0.1, 0.15) is 10.6 Å². The van der Waals surface area contributed by atoms with E-state index in [4.69, 9.17) is 10.2 Å². The average Bonchev–Trinajstić information content (AvgIpc) is 2.91. The van der Waals surface area contributed by atoms with Gasteiger partial charge in [0.2, 0.25) is 5.91 Å². The number of carbonyl (C=O) groups is 2. The van der Waals surface area contributed by atoms with E-state index in [1.165, 1.54) is 12.3 Å². The van der Waals surface area contributed by atoms with Crippen molar-refractivity contribution in [1.29, 1.82) is 0 Å². The van der Waals surface area contributed by atoms with Crippen LogP contribution in [0.5, 0.6) is 0 Å². The highest BCUT2D eigenvalue weighted by Crippen LogP contribution is 2.20. The minimum absolute atomic E-state index is 0.0493. The molecule has 19 heavy (non-hydrogen) atoms. The van der Waals surface area contributed by atoms with E-state index in [1.54, 1.807) is 24.4 Å². The largest absolute Gasteiger partial charge is 0.459 e. The number of nitrogens with two attached hydrogens (primary N) is 1. The predicted molar refractivity (Wildman–Crippen MR) is 70.6 cm³/mol. The van der Waals surface area contributed by atoms with Gasteiger partial charge in [0.05, 0.1) is 17.7 Å². The van der Waals surface area contributed by atoms with Crippen LogP contribution in [0.25, 0.3) is 0 Å². The molecule has 0 aliphatic heterocycles. The quantitative estimate of drug-likeness (QED) is 0.817. The van der Waals surface area contributed by atoms with E-state index >= 15 is 0 Å². The van der Waals surface area contributed by atoms with Gasteiger partial charge in [0.1, 0.15) is 5.03 Å². The van der Waals surface area contributed by atoms with Crippen LogP contribution in [0.4, 0.5) is 5.69 Å². The molecule has 0 aliphatic rings. The Labute approximate surface area is 113 Å². The van der Waals surface area contributed by atoms with Crippen LogP contribution in [0.3, 0.4) is 0 Å². The fourth-order valence-corrected chi connectivity index (χ4v) is 2.00. The molecule has 0 aromatic carbocycles. The number of hydrogen-bond acceptors (Lipinski definition) is 6. The number of imide groups is 1. The molecule has 3 N–H and O–H groups in total. The molecule has 0 radical (unpaired) electrons. The van der Waals surface area contributed by atoms with Crippen molar-refractivity contribution in [1.82, 2.24) is 10.3 Å². The van der Waals surface area contributed by atoms with Gasteiger partial charge in [-0.1, -0.05) is 11.8 Å². The lowest BCUT2D eigenvalue weighted by Crippen LogP contribution is -2.31. The Hall–Kier alpha value is -2.28.